The molecule has 15 heteroatoms. The van der Waals surface area contributed by atoms with E-state index in [-0.39, 0.29) is 35.6 Å². The predicted octanol–water partition coefficient (Wildman–Crippen LogP) is 5.28. The van der Waals surface area contributed by atoms with Crippen molar-refractivity contribution in [1.29, 1.82) is 0 Å². The molecule has 3 aromatic carbocycles. The molecule has 4 unspecified atom stereocenters. The van der Waals surface area contributed by atoms with E-state index in [1.807, 2.05) is 24.3 Å². The molecule has 7 rings (SSSR count). The summed E-state index contributed by atoms with van der Waals surface area (Å²) in [5.41, 5.74) is 11.1. The summed E-state index contributed by atoms with van der Waals surface area (Å²) in [6.07, 6.45) is 8.05. The molecule has 1 amide bonds. The van der Waals surface area contributed by atoms with Gasteiger partial charge >= 0.3 is 6.09 Å². The minimum Gasteiger partial charge on any atom is -0.453 e. The Bertz CT molecular complexity index is 2040. The van der Waals surface area contributed by atoms with Crippen LogP contribution in [0.2, 0.25) is 5.02 Å². The van der Waals surface area contributed by atoms with Gasteiger partial charge < -0.3 is 20.8 Å². The summed E-state index contributed by atoms with van der Waals surface area (Å²) < 4.78 is 20.3. The van der Waals surface area contributed by atoms with Crippen LogP contribution in [0.5, 0.6) is 0 Å². The number of nitrogens with two attached hydrogens (primary N) is 1. The molecule has 0 aliphatic carbocycles. The van der Waals surface area contributed by atoms with E-state index in [9.17, 15) is 14.0 Å². The van der Waals surface area contributed by atoms with E-state index >= 15 is 0 Å². The quantitative estimate of drug-likeness (QED) is 0.147. The normalized spacial score (nSPS) is 22.3. The molecular weight excluding hydrogens is 687 g/mol. The molecule has 13 nitrogen and oxygen atoms in total. The molecule has 0 radical (unpaired) electrons. The zero-order valence-corrected chi connectivity index (χ0v) is 29.1. The van der Waals surface area contributed by atoms with Crippen LogP contribution in [-0.2, 0) is 9.53 Å². The SMILES string of the molecule is COC(=O)Nc1ccc(-c2cnc(C3NCC(N4CCC(N)C[C@@H]4C(=O)/C=C/c4cc(Cl)ccc4-n4cnnn4)CC3c3ccc(F)cc3)[nH]2)cc1. The molecule has 2 saturated heterocycles. The number of benzene rings is 3. The number of nitrogens with zero attached hydrogens (tertiary/aromatic N) is 6. The first-order valence-corrected chi connectivity index (χ1v) is 17.4. The van der Waals surface area contributed by atoms with Crippen molar-refractivity contribution in [2.45, 2.75) is 49.3 Å². The van der Waals surface area contributed by atoms with Gasteiger partial charge in [-0.2, -0.15) is 4.68 Å². The molecule has 0 spiro atoms. The lowest BCUT2D eigenvalue weighted by molar-refractivity contribution is -0.122. The van der Waals surface area contributed by atoms with Crippen LogP contribution in [0.25, 0.3) is 23.0 Å². The summed E-state index contributed by atoms with van der Waals surface area (Å²) in [6.45, 7) is 1.27. The summed E-state index contributed by atoms with van der Waals surface area (Å²) in [6, 6.07) is 18.5. The van der Waals surface area contributed by atoms with E-state index in [4.69, 9.17) is 22.3 Å². The van der Waals surface area contributed by atoms with Crippen LogP contribution in [0.1, 0.15) is 48.2 Å². The topological polar surface area (TPSA) is 169 Å². The van der Waals surface area contributed by atoms with Crippen LogP contribution in [0, 0.1) is 5.82 Å². The van der Waals surface area contributed by atoms with Crippen LogP contribution >= 0.6 is 11.6 Å². The number of likely N-dealkylation sites (tertiary alicyclic amines) is 1. The first kappa shape index (κ1) is 35.1. The van der Waals surface area contributed by atoms with Gasteiger partial charge in [-0.15, -0.1) is 5.10 Å². The van der Waals surface area contributed by atoms with E-state index in [2.05, 4.69) is 40.8 Å². The van der Waals surface area contributed by atoms with Crippen molar-refractivity contribution in [2.75, 3.05) is 25.5 Å². The zero-order valence-electron chi connectivity index (χ0n) is 28.3. The maximum Gasteiger partial charge on any atom is 0.411 e. The molecule has 2 aromatic heterocycles. The van der Waals surface area contributed by atoms with Crippen molar-refractivity contribution >= 4 is 35.2 Å². The van der Waals surface area contributed by atoms with Gasteiger partial charge in [0.15, 0.2) is 5.78 Å². The number of amides is 1. The smallest absolute Gasteiger partial charge is 0.411 e. The first-order chi connectivity index (χ1) is 25.2. The highest BCUT2D eigenvalue weighted by molar-refractivity contribution is 6.30. The number of aromatic nitrogens is 6. The third-order valence-corrected chi connectivity index (χ3v) is 10.0. The molecule has 0 bridgehead atoms. The maximum atomic E-state index is 14.1. The summed E-state index contributed by atoms with van der Waals surface area (Å²) in [4.78, 5) is 36.1. The Kier molecular flexibility index (Phi) is 10.5. The van der Waals surface area contributed by atoms with Crippen LogP contribution in [0.4, 0.5) is 14.9 Å². The van der Waals surface area contributed by atoms with Crippen molar-refractivity contribution in [2.24, 2.45) is 5.73 Å². The molecule has 5 atom stereocenters. The fraction of sp³-hybridized carbons (Fsp3) is 0.297. The number of aromatic amines is 1. The predicted molar refractivity (Wildman–Crippen MR) is 194 cm³/mol. The van der Waals surface area contributed by atoms with Gasteiger partial charge in [-0.25, -0.2) is 14.2 Å². The zero-order chi connectivity index (χ0) is 36.2. The number of halogens is 2. The van der Waals surface area contributed by atoms with Gasteiger partial charge in [0.05, 0.1) is 36.8 Å². The largest absolute Gasteiger partial charge is 0.453 e. The number of ketones is 1. The number of imidazole rings is 1. The average Bonchev–Trinajstić information content (AvgIpc) is 3.88. The number of H-pyrrole nitrogens is 1. The lowest BCUT2D eigenvalue weighted by Crippen LogP contribution is -2.59. The van der Waals surface area contributed by atoms with Crippen molar-refractivity contribution in [3.05, 3.63) is 113 Å². The second kappa shape index (κ2) is 15.5. The van der Waals surface area contributed by atoms with Gasteiger partial charge in [0, 0.05) is 47.4 Å². The summed E-state index contributed by atoms with van der Waals surface area (Å²) >= 11 is 6.32. The second-order valence-corrected chi connectivity index (χ2v) is 13.5. The number of carbonyl (C=O) groups is 2. The number of piperidine rings is 2. The van der Waals surface area contributed by atoms with Crippen molar-refractivity contribution in [3.8, 4) is 16.9 Å². The summed E-state index contributed by atoms with van der Waals surface area (Å²) in [5, 5.41) is 18.3. The summed E-state index contributed by atoms with van der Waals surface area (Å²) in [7, 11) is 1.31. The highest BCUT2D eigenvalue weighted by Gasteiger charge is 2.41. The highest BCUT2D eigenvalue weighted by atomic mass is 35.5. The lowest BCUT2D eigenvalue weighted by atomic mass is 9.80. The Labute approximate surface area is 304 Å². The number of methoxy groups -OCH3 is 1. The van der Waals surface area contributed by atoms with Gasteiger partial charge in [-0.3, -0.25) is 15.0 Å². The number of hydrogen-bond donors (Lipinski definition) is 4. The van der Waals surface area contributed by atoms with E-state index in [0.29, 0.717) is 47.9 Å². The van der Waals surface area contributed by atoms with E-state index < -0.39 is 12.1 Å². The number of carbonyl (C=O) groups excluding carboxylic acids is 2. The van der Waals surface area contributed by atoms with Crippen molar-refractivity contribution in [3.63, 3.8) is 0 Å². The Hall–Kier alpha value is -5.28. The number of tetrazole rings is 1. The number of hydrogen-bond acceptors (Lipinski definition) is 10. The number of nitrogens with one attached hydrogen (secondary N) is 3. The van der Waals surface area contributed by atoms with Gasteiger partial charge in [-0.05, 0) is 95.4 Å². The summed E-state index contributed by atoms with van der Waals surface area (Å²) in [5.74, 6) is 0.297. The number of ether oxygens (including phenoxy) is 1. The number of anilines is 1. The molecule has 4 heterocycles. The molecule has 5 N–H and O–H groups in total. The fourth-order valence-corrected chi connectivity index (χ4v) is 7.37. The molecular formula is C37H38ClFN10O3. The second-order valence-electron chi connectivity index (χ2n) is 13.0. The van der Waals surface area contributed by atoms with E-state index in [0.717, 1.165) is 29.1 Å². The fourth-order valence-electron chi connectivity index (χ4n) is 7.19. The van der Waals surface area contributed by atoms with Crippen LogP contribution < -0.4 is 16.4 Å². The monoisotopic (exact) mass is 724 g/mol. The van der Waals surface area contributed by atoms with Crippen molar-refractivity contribution < 1.29 is 18.7 Å². The van der Waals surface area contributed by atoms with Crippen LogP contribution in [0.3, 0.4) is 0 Å². The van der Waals surface area contributed by atoms with Gasteiger partial charge in [0.1, 0.15) is 18.0 Å². The molecule has 268 valence electrons. The number of rotatable bonds is 9. The highest BCUT2D eigenvalue weighted by Crippen LogP contribution is 2.40. The Balaban J connectivity index is 1.12. The molecule has 52 heavy (non-hydrogen) atoms. The van der Waals surface area contributed by atoms with E-state index in [1.54, 1.807) is 48.7 Å². The van der Waals surface area contributed by atoms with Crippen molar-refractivity contribution in [1.82, 2.24) is 40.4 Å². The van der Waals surface area contributed by atoms with Crippen LogP contribution in [-0.4, -0.2) is 85.3 Å². The molecule has 2 fully saturated rings. The third-order valence-electron chi connectivity index (χ3n) is 9.81. The molecule has 5 aromatic rings. The Morgan fingerprint density at radius 3 is 2.65 bits per heavy atom. The van der Waals surface area contributed by atoms with Crippen LogP contribution in [0.15, 0.2) is 85.3 Å². The third kappa shape index (κ3) is 7.79. The Morgan fingerprint density at radius 2 is 1.90 bits per heavy atom. The molecule has 2 aliphatic rings. The molecule has 0 saturated carbocycles. The minimum atomic E-state index is -0.543. The lowest BCUT2D eigenvalue weighted by Gasteiger charge is -2.47. The first-order valence-electron chi connectivity index (χ1n) is 17.0. The minimum absolute atomic E-state index is 0.00612. The van der Waals surface area contributed by atoms with Gasteiger partial charge in [0.2, 0.25) is 0 Å². The van der Waals surface area contributed by atoms with Gasteiger partial charge in [0.25, 0.3) is 0 Å². The van der Waals surface area contributed by atoms with E-state index in [1.165, 1.54) is 30.3 Å². The van der Waals surface area contributed by atoms with Gasteiger partial charge in [-0.1, -0.05) is 35.9 Å². The maximum absolute atomic E-state index is 14.1. The Morgan fingerprint density at radius 1 is 1.10 bits per heavy atom. The molecule has 2 aliphatic heterocycles. The standard InChI is InChI=1S/C37H38ClFN10O3/c1-52-37(51)44-28-10-4-23(5-11-28)31-20-42-36(45-31)35-30(22-2-8-26(39)9-3-22)18-29(19-41-35)48-15-14-27(40)17-33(48)34(50)13-6-24-16-25(38)7-12-32(24)49-21-43-46-47-49/h2-13,16,20-21,27,29-30,33,35,41H,14-15,17-19,40H2,1H3,(H,42,45)(H,44,51)/b13-6+/t27?,29?,30?,33-,35?/m1/s1. The average molecular weight is 725 g/mol.